The number of nitrogens with zero attached hydrogens (tertiary/aromatic N) is 4. The van der Waals surface area contributed by atoms with Crippen LogP contribution >= 0.6 is 0 Å². The maximum atomic E-state index is 12.2. The number of hydrogen-bond acceptors (Lipinski definition) is 5. The van der Waals surface area contributed by atoms with Gasteiger partial charge in [0.25, 0.3) is 5.91 Å². The molecule has 1 N–H and O–H groups in total. The summed E-state index contributed by atoms with van der Waals surface area (Å²) in [6.07, 6.45) is 7.49. The molecule has 2 aliphatic rings. The van der Waals surface area contributed by atoms with Crippen LogP contribution in [0.3, 0.4) is 0 Å². The number of rotatable bonds is 4. The van der Waals surface area contributed by atoms with Gasteiger partial charge in [0.05, 0.1) is 17.4 Å². The second-order valence-electron chi connectivity index (χ2n) is 6.34. The molecule has 4 rings (SSSR count). The third-order valence-electron chi connectivity index (χ3n) is 4.52. The van der Waals surface area contributed by atoms with Crippen LogP contribution in [-0.2, 0) is 0 Å². The molecule has 24 heavy (non-hydrogen) atoms. The van der Waals surface area contributed by atoms with Gasteiger partial charge in [0.15, 0.2) is 0 Å². The quantitative estimate of drug-likeness (QED) is 0.928. The highest BCUT2D eigenvalue weighted by atomic mass is 16.1. The van der Waals surface area contributed by atoms with E-state index < -0.39 is 0 Å². The number of nitrogens with one attached hydrogen (secondary N) is 1. The van der Waals surface area contributed by atoms with Crippen molar-refractivity contribution in [3.63, 3.8) is 0 Å². The highest BCUT2D eigenvalue weighted by Crippen LogP contribution is 2.21. The number of anilines is 2. The zero-order chi connectivity index (χ0) is 16.4. The van der Waals surface area contributed by atoms with E-state index in [4.69, 9.17) is 0 Å². The van der Waals surface area contributed by atoms with Gasteiger partial charge in [-0.05, 0) is 31.0 Å². The second kappa shape index (κ2) is 6.47. The molecule has 6 nitrogen and oxygen atoms in total. The van der Waals surface area contributed by atoms with E-state index in [1.807, 2.05) is 36.7 Å². The highest BCUT2D eigenvalue weighted by Gasteiger charge is 2.24. The van der Waals surface area contributed by atoms with Gasteiger partial charge < -0.3 is 15.1 Å². The van der Waals surface area contributed by atoms with Crippen molar-refractivity contribution in [1.82, 2.24) is 15.3 Å². The number of piperazine rings is 1. The number of amides is 1. The fourth-order valence-corrected chi connectivity index (χ4v) is 2.96. The molecule has 6 heteroatoms. The molecule has 0 atom stereocenters. The van der Waals surface area contributed by atoms with E-state index in [0.717, 1.165) is 50.5 Å². The van der Waals surface area contributed by atoms with Gasteiger partial charge in [-0.15, -0.1) is 0 Å². The van der Waals surface area contributed by atoms with Crippen LogP contribution in [0.2, 0.25) is 0 Å². The fraction of sp³-hybridized carbons (Fsp3) is 0.389. The minimum absolute atomic E-state index is 0.0148. The van der Waals surface area contributed by atoms with Crippen molar-refractivity contribution in [2.24, 2.45) is 0 Å². The van der Waals surface area contributed by atoms with E-state index >= 15 is 0 Å². The van der Waals surface area contributed by atoms with Gasteiger partial charge in [-0.25, -0.2) is 4.98 Å². The second-order valence-corrected chi connectivity index (χ2v) is 6.34. The fourth-order valence-electron chi connectivity index (χ4n) is 2.96. The average Bonchev–Trinajstić information content (AvgIpc) is 3.47. The van der Waals surface area contributed by atoms with Crippen LogP contribution in [0.15, 0.2) is 42.9 Å². The molecule has 2 aromatic rings. The molecule has 2 aromatic heterocycles. The van der Waals surface area contributed by atoms with Crippen molar-refractivity contribution in [2.75, 3.05) is 36.0 Å². The van der Waals surface area contributed by atoms with Gasteiger partial charge in [0, 0.05) is 44.6 Å². The van der Waals surface area contributed by atoms with E-state index in [1.165, 1.54) is 0 Å². The summed E-state index contributed by atoms with van der Waals surface area (Å²) in [4.78, 5) is 25.4. The van der Waals surface area contributed by atoms with Gasteiger partial charge >= 0.3 is 0 Å². The summed E-state index contributed by atoms with van der Waals surface area (Å²) >= 11 is 0. The first kappa shape index (κ1) is 14.9. The summed E-state index contributed by atoms with van der Waals surface area (Å²) in [5.41, 5.74) is 1.66. The van der Waals surface area contributed by atoms with E-state index in [9.17, 15) is 4.79 Å². The standard InChI is InChI=1S/C18H21N5O/c24-18(21-15-4-5-15)14-11-16(13-19-12-14)22-7-9-23(10-8-22)17-3-1-2-6-20-17/h1-3,6,11-13,15H,4-5,7-10H2,(H,21,24). The van der Waals surface area contributed by atoms with E-state index in [0.29, 0.717) is 11.6 Å². The Hall–Kier alpha value is -2.63. The zero-order valence-corrected chi connectivity index (χ0v) is 13.6. The van der Waals surface area contributed by atoms with Crippen LogP contribution in [0.5, 0.6) is 0 Å². The van der Waals surface area contributed by atoms with Crippen LogP contribution < -0.4 is 15.1 Å². The molecule has 1 saturated carbocycles. The van der Waals surface area contributed by atoms with Crippen LogP contribution in [0.4, 0.5) is 11.5 Å². The van der Waals surface area contributed by atoms with Gasteiger partial charge in [0.2, 0.25) is 0 Å². The Morgan fingerprint density at radius 3 is 2.58 bits per heavy atom. The third kappa shape index (κ3) is 3.32. The largest absolute Gasteiger partial charge is 0.367 e. The molecule has 0 unspecified atom stereocenters. The van der Waals surface area contributed by atoms with Gasteiger partial charge in [0.1, 0.15) is 5.82 Å². The first-order chi connectivity index (χ1) is 11.8. The molecule has 0 aromatic carbocycles. The van der Waals surface area contributed by atoms with E-state index in [1.54, 1.807) is 6.20 Å². The first-order valence-electron chi connectivity index (χ1n) is 8.46. The van der Waals surface area contributed by atoms with Crippen molar-refractivity contribution in [3.8, 4) is 0 Å². The molecule has 1 aliphatic heterocycles. The summed E-state index contributed by atoms with van der Waals surface area (Å²) in [6.45, 7) is 3.61. The number of pyridine rings is 2. The van der Waals surface area contributed by atoms with Crippen molar-refractivity contribution in [3.05, 3.63) is 48.4 Å². The zero-order valence-electron chi connectivity index (χ0n) is 13.6. The summed E-state index contributed by atoms with van der Waals surface area (Å²) in [5.74, 6) is 1.01. The monoisotopic (exact) mass is 323 g/mol. The Labute approximate surface area is 141 Å². The average molecular weight is 323 g/mol. The lowest BCUT2D eigenvalue weighted by Gasteiger charge is -2.36. The molecular formula is C18H21N5O. The summed E-state index contributed by atoms with van der Waals surface area (Å²) in [7, 11) is 0. The van der Waals surface area contributed by atoms with Crippen LogP contribution in [-0.4, -0.2) is 48.1 Å². The number of carbonyl (C=O) groups excluding carboxylic acids is 1. The molecule has 1 amide bonds. The number of carbonyl (C=O) groups is 1. The molecule has 124 valence electrons. The lowest BCUT2D eigenvalue weighted by Crippen LogP contribution is -2.46. The summed E-state index contributed by atoms with van der Waals surface area (Å²) in [5, 5.41) is 3.01. The number of aromatic nitrogens is 2. The Balaban J connectivity index is 1.41. The highest BCUT2D eigenvalue weighted by molar-refractivity contribution is 5.95. The van der Waals surface area contributed by atoms with Gasteiger partial charge in [-0.1, -0.05) is 6.07 Å². The molecule has 0 spiro atoms. The topological polar surface area (TPSA) is 61.4 Å². The van der Waals surface area contributed by atoms with Crippen molar-refractivity contribution >= 4 is 17.4 Å². The maximum absolute atomic E-state index is 12.2. The smallest absolute Gasteiger partial charge is 0.253 e. The van der Waals surface area contributed by atoms with Gasteiger partial charge in [-0.2, -0.15) is 0 Å². The third-order valence-corrected chi connectivity index (χ3v) is 4.52. The maximum Gasteiger partial charge on any atom is 0.253 e. The lowest BCUT2D eigenvalue weighted by molar-refractivity contribution is 0.0950. The molecule has 0 bridgehead atoms. The predicted molar refractivity (Wildman–Crippen MR) is 93.4 cm³/mol. The lowest BCUT2D eigenvalue weighted by atomic mass is 10.2. The first-order valence-corrected chi connectivity index (χ1v) is 8.46. The number of hydrogen-bond donors (Lipinski definition) is 1. The molecular weight excluding hydrogens is 302 g/mol. The normalized spacial score (nSPS) is 17.7. The van der Waals surface area contributed by atoms with Crippen LogP contribution in [0.25, 0.3) is 0 Å². The molecule has 2 fully saturated rings. The van der Waals surface area contributed by atoms with Crippen LogP contribution in [0, 0.1) is 0 Å². The SMILES string of the molecule is O=C(NC1CC1)c1cncc(N2CCN(c3ccccn3)CC2)c1. The molecule has 3 heterocycles. The Morgan fingerprint density at radius 1 is 1.08 bits per heavy atom. The molecule has 0 radical (unpaired) electrons. The van der Waals surface area contributed by atoms with Crippen molar-refractivity contribution < 1.29 is 4.79 Å². The molecule has 1 saturated heterocycles. The predicted octanol–water partition coefficient (Wildman–Crippen LogP) is 1.70. The summed E-state index contributed by atoms with van der Waals surface area (Å²) in [6, 6.07) is 8.30. The minimum Gasteiger partial charge on any atom is -0.367 e. The van der Waals surface area contributed by atoms with Crippen molar-refractivity contribution in [1.29, 1.82) is 0 Å². The molecule has 1 aliphatic carbocycles. The van der Waals surface area contributed by atoms with Crippen LogP contribution in [0.1, 0.15) is 23.2 Å². The minimum atomic E-state index is -0.0148. The Bertz CT molecular complexity index is 708. The Kier molecular flexibility index (Phi) is 4.02. The van der Waals surface area contributed by atoms with E-state index in [-0.39, 0.29) is 5.91 Å². The Morgan fingerprint density at radius 2 is 1.88 bits per heavy atom. The summed E-state index contributed by atoms with van der Waals surface area (Å²) < 4.78 is 0. The van der Waals surface area contributed by atoms with Gasteiger partial charge in [-0.3, -0.25) is 9.78 Å². The van der Waals surface area contributed by atoms with Crippen molar-refractivity contribution in [2.45, 2.75) is 18.9 Å². The van der Waals surface area contributed by atoms with E-state index in [2.05, 4.69) is 25.1 Å².